The maximum Gasteiger partial charge on any atom is 0.332 e. The largest absolute Gasteiger partial charge is 0.465 e. The molecule has 1 atom stereocenters. The minimum Gasteiger partial charge on any atom is -0.465 e. The molecule has 1 aliphatic heterocycles. The van der Waals surface area contributed by atoms with Crippen molar-refractivity contribution in [2.75, 3.05) is 13.2 Å². The summed E-state index contributed by atoms with van der Waals surface area (Å²) in [6.45, 7) is 0.446. The molecule has 1 saturated heterocycles. The van der Waals surface area contributed by atoms with Gasteiger partial charge in [-0.15, -0.1) is 5.10 Å². The zero-order valence-electron chi connectivity index (χ0n) is 12.6. The molecule has 2 aromatic rings. The van der Waals surface area contributed by atoms with Gasteiger partial charge < -0.3 is 9.47 Å². The van der Waals surface area contributed by atoms with E-state index < -0.39 is 5.97 Å². The Labute approximate surface area is 142 Å². The first-order valence-corrected chi connectivity index (χ1v) is 7.65. The van der Waals surface area contributed by atoms with E-state index in [2.05, 4.69) is 10.1 Å². The fourth-order valence-electron chi connectivity index (χ4n) is 2.16. The molecule has 1 aliphatic rings. The van der Waals surface area contributed by atoms with Gasteiger partial charge in [-0.1, -0.05) is 23.7 Å². The van der Waals surface area contributed by atoms with Gasteiger partial charge in [0.1, 0.15) is 6.33 Å². The summed E-state index contributed by atoms with van der Waals surface area (Å²) < 4.78 is 11.3. The van der Waals surface area contributed by atoms with Gasteiger partial charge in [0.15, 0.2) is 5.82 Å². The zero-order valence-corrected chi connectivity index (χ0v) is 13.3. The van der Waals surface area contributed by atoms with Crippen LogP contribution in [0.3, 0.4) is 0 Å². The molecule has 1 fully saturated rings. The molecule has 124 valence electrons. The Morgan fingerprint density at radius 2 is 2.38 bits per heavy atom. The average molecular weight is 348 g/mol. The highest BCUT2D eigenvalue weighted by molar-refractivity contribution is 6.30. The van der Waals surface area contributed by atoms with E-state index in [1.165, 1.54) is 23.3 Å². The Bertz CT molecular complexity index is 787. The molecule has 1 aromatic heterocycles. The molecule has 0 radical (unpaired) electrons. The molecular formula is C16H14ClN3O4. The summed E-state index contributed by atoms with van der Waals surface area (Å²) >= 11 is 5.93. The van der Waals surface area contributed by atoms with E-state index >= 15 is 0 Å². The number of esters is 2. The number of halogens is 1. The Morgan fingerprint density at radius 1 is 1.50 bits per heavy atom. The van der Waals surface area contributed by atoms with Gasteiger partial charge in [0, 0.05) is 28.8 Å². The minimum atomic E-state index is -0.519. The van der Waals surface area contributed by atoms with Crippen molar-refractivity contribution in [2.45, 2.75) is 6.42 Å². The molecule has 7 nitrogen and oxygen atoms in total. The fourth-order valence-corrected chi connectivity index (χ4v) is 2.35. The van der Waals surface area contributed by atoms with Crippen molar-refractivity contribution in [1.29, 1.82) is 0 Å². The van der Waals surface area contributed by atoms with Gasteiger partial charge in [-0.05, 0) is 12.1 Å². The standard InChI is InChI=1S/C16H14ClN3O4/c17-13-3-1-2-12(7-13)16-18-10-20(19-16)5-4-14(21)23-8-11-6-15(22)24-9-11/h1-5,7,10-11H,6,8-9H2/b5-4-. The third-order valence-electron chi connectivity index (χ3n) is 3.35. The number of carbonyl (C=O) groups excluding carboxylic acids is 2. The second kappa shape index (κ2) is 7.27. The molecule has 0 amide bonds. The first kappa shape index (κ1) is 16.2. The van der Waals surface area contributed by atoms with E-state index in [0.29, 0.717) is 17.5 Å². The second-order valence-corrected chi connectivity index (χ2v) is 5.69. The molecule has 0 N–H and O–H groups in total. The van der Waals surface area contributed by atoms with Crippen molar-refractivity contribution in [3.05, 3.63) is 41.7 Å². The van der Waals surface area contributed by atoms with Crippen LogP contribution in [0.4, 0.5) is 0 Å². The van der Waals surface area contributed by atoms with Crippen LogP contribution in [0.15, 0.2) is 36.7 Å². The number of benzene rings is 1. The predicted octanol–water partition coefficient (Wildman–Crippen LogP) is 2.18. The summed E-state index contributed by atoms with van der Waals surface area (Å²) in [6.07, 6.45) is 4.44. The maximum absolute atomic E-state index is 11.7. The van der Waals surface area contributed by atoms with E-state index in [9.17, 15) is 9.59 Å². The predicted molar refractivity (Wildman–Crippen MR) is 85.8 cm³/mol. The van der Waals surface area contributed by atoms with Crippen molar-refractivity contribution in [1.82, 2.24) is 14.8 Å². The molecule has 2 heterocycles. The number of hydrogen-bond donors (Lipinski definition) is 0. The van der Waals surface area contributed by atoms with Gasteiger partial charge in [0.2, 0.25) is 0 Å². The van der Waals surface area contributed by atoms with E-state index in [0.717, 1.165) is 5.56 Å². The van der Waals surface area contributed by atoms with Crippen molar-refractivity contribution in [2.24, 2.45) is 5.92 Å². The fraction of sp³-hybridized carbons (Fsp3) is 0.250. The summed E-state index contributed by atoms with van der Waals surface area (Å²) in [7, 11) is 0. The van der Waals surface area contributed by atoms with Gasteiger partial charge in [0.25, 0.3) is 0 Å². The molecule has 0 saturated carbocycles. The first-order valence-electron chi connectivity index (χ1n) is 7.28. The Hall–Kier alpha value is -2.67. The highest BCUT2D eigenvalue weighted by atomic mass is 35.5. The normalized spacial score (nSPS) is 17.2. The van der Waals surface area contributed by atoms with E-state index in [1.54, 1.807) is 12.1 Å². The number of nitrogens with zero attached hydrogens (tertiary/aromatic N) is 3. The van der Waals surface area contributed by atoms with Crippen LogP contribution in [0.1, 0.15) is 6.42 Å². The third kappa shape index (κ3) is 4.20. The van der Waals surface area contributed by atoms with Gasteiger partial charge in [-0.2, -0.15) is 0 Å². The van der Waals surface area contributed by atoms with Crippen LogP contribution in [-0.2, 0) is 19.1 Å². The first-order chi connectivity index (χ1) is 11.6. The minimum absolute atomic E-state index is 0.0735. The lowest BCUT2D eigenvalue weighted by Gasteiger charge is -2.05. The summed E-state index contributed by atoms with van der Waals surface area (Å²) in [6, 6.07) is 7.17. The third-order valence-corrected chi connectivity index (χ3v) is 3.59. The number of carbonyl (C=O) groups is 2. The number of cyclic esters (lactones) is 1. The van der Waals surface area contributed by atoms with E-state index in [4.69, 9.17) is 21.1 Å². The molecule has 8 heteroatoms. The highest BCUT2D eigenvalue weighted by Crippen LogP contribution is 2.19. The Balaban J connectivity index is 1.55. The number of aromatic nitrogens is 3. The van der Waals surface area contributed by atoms with Crippen LogP contribution in [0.25, 0.3) is 17.6 Å². The molecule has 3 rings (SSSR count). The van der Waals surface area contributed by atoms with Crippen LogP contribution >= 0.6 is 11.6 Å². The molecular weight excluding hydrogens is 334 g/mol. The highest BCUT2D eigenvalue weighted by Gasteiger charge is 2.24. The maximum atomic E-state index is 11.7. The number of hydrogen-bond acceptors (Lipinski definition) is 6. The Morgan fingerprint density at radius 3 is 3.12 bits per heavy atom. The lowest BCUT2D eigenvalue weighted by Crippen LogP contribution is -2.12. The summed E-state index contributed by atoms with van der Waals surface area (Å²) in [5.74, 6) is -0.357. The number of rotatable bonds is 5. The average Bonchev–Trinajstić information content (AvgIpc) is 3.20. The molecule has 0 spiro atoms. The van der Waals surface area contributed by atoms with E-state index in [1.807, 2.05) is 12.1 Å². The zero-order chi connectivity index (χ0) is 16.9. The molecule has 24 heavy (non-hydrogen) atoms. The monoisotopic (exact) mass is 347 g/mol. The van der Waals surface area contributed by atoms with E-state index in [-0.39, 0.29) is 24.9 Å². The van der Waals surface area contributed by atoms with Crippen molar-refractivity contribution < 1.29 is 19.1 Å². The second-order valence-electron chi connectivity index (χ2n) is 5.26. The van der Waals surface area contributed by atoms with Crippen molar-refractivity contribution in [3.63, 3.8) is 0 Å². The smallest absolute Gasteiger partial charge is 0.332 e. The SMILES string of the molecule is O=C(/C=C\n1cnc(-c2cccc(Cl)c2)n1)OCC1COC(=O)C1. The summed E-state index contributed by atoms with van der Waals surface area (Å²) in [5.41, 5.74) is 0.781. The lowest BCUT2D eigenvalue weighted by atomic mass is 10.1. The number of ether oxygens (including phenoxy) is 2. The lowest BCUT2D eigenvalue weighted by molar-refractivity contribution is -0.139. The molecule has 1 aromatic carbocycles. The van der Waals surface area contributed by atoms with Gasteiger partial charge in [-0.3, -0.25) is 4.79 Å². The van der Waals surface area contributed by atoms with Crippen LogP contribution in [0, 0.1) is 5.92 Å². The van der Waals surface area contributed by atoms with Gasteiger partial charge in [0.05, 0.1) is 19.6 Å². The van der Waals surface area contributed by atoms with Crippen molar-refractivity contribution in [3.8, 4) is 11.4 Å². The molecule has 0 aliphatic carbocycles. The van der Waals surface area contributed by atoms with Crippen LogP contribution in [-0.4, -0.2) is 39.9 Å². The molecule has 1 unspecified atom stereocenters. The van der Waals surface area contributed by atoms with Crippen molar-refractivity contribution >= 4 is 29.7 Å². The summed E-state index contributed by atoms with van der Waals surface area (Å²) in [4.78, 5) is 26.8. The van der Waals surface area contributed by atoms with Crippen LogP contribution in [0.5, 0.6) is 0 Å². The topological polar surface area (TPSA) is 83.3 Å². The van der Waals surface area contributed by atoms with Gasteiger partial charge >= 0.3 is 11.9 Å². The Kier molecular flexibility index (Phi) is 4.90. The molecule has 0 bridgehead atoms. The van der Waals surface area contributed by atoms with Crippen LogP contribution in [0.2, 0.25) is 5.02 Å². The quantitative estimate of drug-likeness (QED) is 0.609. The van der Waals surface area contributed by atoms with Crippen LogP contribution < -0.4 is 0 Å². The van der Waals surface area contributed by atoms with Gasteiger partial charge in [-0.25, -0.2) is 14.5 Å². The summed E-state index contributed by atoms with van der Waals surface area (Å²) in [5, 5.41) is 4.82.